The van der Waals surface area contributed by atoms with E-state index in [9.17, 15) is 8.42 Å². The number of ether oxygens (including phenoxy) is 2. The molecular formula is C22H31ClN2O4S. The van der Waals surface area contributed by atoms with Gasteiger partial charge in [0.15, 0.2) is 11.5 Å². The van der Waals surface area contributed by atoms with Gasteiger partial charge in [0.05, 0.1) is 18.1 Å². The number of nitrogens with zero attached hydrogens (tertiary/aromatic N) is 1. The van der Waals surface area contributed by atoms with E-state index in [0.717, 1.165) is 32.5 Å². The van der Waals surface area contributed by atoms with Gasteiger partial charge in [-0.15, -0.1) is 12.4 Å². The van der Waals surface area contributed by atoms with Crippen LogP contribution in [0.4, 0.5) is 0 Å². The molecule has 8 heteroatoms. The summed E-state index contributed by atoms with van der Waals surface area (Å²) in [5.41, 5.74) is 1.28. The van der Waals surface area contributed by atoms with E-state index in [1.165, 1.54) is 5.56 Å². The molecule has 2 aromatic rings. The fraction of sp³-hybridized carbons (Fsp3) is 0.455. The maximum Gasteiger partial charge on any atom is 0.240 e. The molecule has 0 aliphatic carbocycles. The van der Waals surface area contributed by atoms with E-state index >= 15 is 0 Å². The molecule has 1 fully saturated rings. The van der Waals surface area contributed by atoms with Gasteiger partial charge < -0.3 is 9.47 Å². The van der Waals surface area contributed by atoms with E-state index < -0.39 is 10.0 Å². The highest BCUT2D eigenvalue weighted by Gasteiger charge is 2.25. The second kappa shape index (κ2) is 11.6. The number of benzene rings is 2. The maximum absolute atomic E-state index is 12.9. The summed E-state index contributed by atoms with van der Waals surface area (Å²) in [5, 5.41) is 0. The molecule has 0 bridgehead atoms. The van der Waals surface area contributed by atoms with Gasteiger partial charge in [0.25, 0.3) is 0 Å². The van der Waals surface area contributed by atoms with Crippen LogP contribution in [0.5, 0.6) is 11.5 Å². The SMILES string of the molecule is CCOc1ccc(S(=O)(=O)NC2CCN(Cc3ccccc3)CC2)cc1OCC.Cl. The number of halogens is 1. The minimum Gasteiger partial charge on any atom is -0.490 e. The lowest BCUT2D eigenvalue weighted by atomic mass is 10.1. The van der Waals surface area contributed by atoms with Crippen LogP contribution in [-0.4, -0.2) is 45.7 Å². The molecule has 1 heterocycles. The number of piperidine rings is 1. The van der Waals surface area contributed by atoms with Crippen molar-refractivity contribution in [3.63, 3.8) is 0 Å². The second-order valence-corrected chi connectivity index (χ2v) is 8.85. The summed E-state index contributed by atoms with van der Waals surface area (Å²) >= 11 is 0. The Bertz CT molecular complexity index is 885. The molecule has 2 aromatic carbocycles. The van der Waals surface area contributed by atoms with E-state index in [1.807, 2.05) is 32.0 Å². The number of hydrogen-bond donors (Lipinski definition) is 1. The molecule has 1 saturated heterocycles. The average Bonchev–Trinajstić information content (AvgIpc) is 2.72. The Balaban J connectivity index is 0.00000320. The lowest BCUT2D eigenvalue weighted by Crippen LogP contribution is -2.44. The zero-order valence-electron chi connectivity index (χ0n) is 17.5. The van der Waals surface area contributed by atoms with Gasteiger partial charge in [-0.2, -0.15) is 0 Å². The molecule has 1 aliphatic heterocycles. The smallest absolute Gasteiger partial charge is 0.240 e. The quantitative estimate of drug-likeness (QED) is 0.623. The highest BCUT2D eigenvalue weighted by Crippen LogP contribution is 2.30. The van der Waals surface area contributed by atoms with Gasteiger partial charge in [-0.3, -0.25) is 4.90 Å². The Hall–Kier alpha value is -1.80. The first-order valence-electron chi connectivity index (χ1n) is 10.2. The van der Waals surface area contributed by atoms with Crippen molar-refractivity contribution in [1.29, 1.82) is 0 Å². The van der Waals surface area contributed by atoms with Crippen LogP contribution in [0.25, 0.3) is 0 Å². The van der Waals surface area contributed by atoms with E-state index in [1.54, 1.807) is 18.2 Å². The fourth-order valence-electron chi connectivity index (χ4n) is 3.54. The minimum atomic E-state index is -3.61. The van der Waals surface area contributed by atoms with E-state index in [2.05, 4.69) is 21.8 Å². The standard InChI is InChI=1S/C22H30N2O4S.ClH/c1-3-27-21-11-10-20(16-22(21)28-4-2)29(25,26)23-19-12-14-24(15-13-19)17-18-8-6-5-7-9-18;/h5-11,16,19,23H,3-4,12-15,17H2,1-2H3;1H. The second-order valence-electron chi connectivity index (χ2n) is 7.13. The van der Waals surface area contributed by atoms with Crippen LogP contribution >= 0.6 is 12.4 Å². The Morgan fingerprint density at radius 3 is 2.23 bits per heavy atom. The first kappa shape index (κ1) is 24.5. The van der Waals surface area contributed by atoms with E-state index in [4.69, 9.17) is 9.47 Å². The number of likely N-dealkylation sites (tertiary alicyclic amines) is 1. The molecule has 1 aliphatic rings. The molecule has 6 nitrogen and oxygen atoms in total. The van der Waals surface area contributed by atoms with Crippen LogP contribution in [0, 0.1) is 0 Å². The van der Waals surface area contributed by atoms with Crippen LogP contribution in [0.3, 0.4) is 0 Å². The molecule has 0 unspecified atom stereocenters. The number of rotatable bonds is 9. The van der Waals surface area contributed by atoms with Crippen LogP contribution in [0.15, 0.2) is 53.4 Å². The molecule has 0 radical (unpaired) electrons. The van der Waals surface area contributed by atoms with Crippen molar-refractivity contribution in [2.75, 3.05) is 26.3 Å². The van der Waals surface area contributed by atoms with Gasteiger partial charge in [0.2, 0.25) is 10.0 Å². The van der Waals surface area contributed by atoms with Crippen molar-refractivity contribution in [3.05, 3.63) is 54.1 Å². The molecule has 166 valence electrons. The topological polar surface area (TPSA) is 67.9 Å². The fourth-order valence-corrected chi connectivity index (χ4v) is 4.86. The van der Waals surface area contributed by atoms with Crippen LogP contribution in [0.2, 0.25) is 0 Å². The molecule has 0 atom stereocenters. The lowest BCUT2D eigenvalue weighted by Gasteiger charge is -2.32. The van der Waals surface area contributed by atoms with Crippen LogP contribution in [0.1, 0.15) is 32.3 Å². The van der Waals surface area contributed by atoms with Gasteiger partial charge in [0, 0.05) is 31.7 Å². The normalized spacial score (nSPS) is 15.4. The van der Waals surface area contributed by atoms with Crippen molar-refractivity contribution >= 4 is 22.4 Å². The molecule has 0 aromatic heterocycles. The molecule has 0 saturated carbocycles. The molecule has 0 spiro atoms. The maximum atomic E-state index is 12.9. The van der Waals surface area contributed by atoms with Gasteiger partial charge in [-0.25, -0.2) is 13.1 Å². The van der Waals surface area contributed by atoms with Gasteiger partial charge in [-0.05, 0) is 44.4 Å². The molecular weight excluding hydrogens is 424 g/mol. The Kier molecular flexibility index (Phi) is 9.42. The van der Waals surface area contributed by atoms with Crippen LogP contribution in [-0.2, 0) is 16.6 Å². The first-order chi connectivity index (χ1) is 14.0. The van der Waals surface area contributed by atoms with Crippen molar-refractivity contribution < 1.29 is 17.9 Å². The highest BCUT2D eigenvalue weighted by molar-refractivity contribution is 7.89. The summed E-state index contributed by atoms with van der Waals surface area (Å²) in [6.45, 7) is 7.31. The Morgan fingerprint density at radius 2 is 1.60 bits per heavy atom. The monoisotopic (exact) mass is 454 g/mol. The molecule has 30 heavy (non-hydrogen) atoms. The zero-order chi connectivity index (χ0) is 20.7. The third-order valence-electron chi connectivity index (χ3n) is 4.98. The molecule has 0 amide bonds. The number of nitrogens with one attached hydrogen (secondary N) is 1. The third kappa shape index (κ3) is 6.60. The predicted molar refractivity (Wildman–Crippen MR) is 121 cm³/mol. The third-order valence-corrected chi connectivity index (χ3v) is 6.50. The average molecular weight is 455 g/mol. The predicted octanol–water partition coefficient (Wildman–Crippen LogP) is 3.85. The van der Waals surface area contributed by atoms with Crippen molar-refractivity contribution in [1.82, 2.24) is 9.62 Å². The van der Waals surface area contributed by atoms with Crippen molar-refractivity contribution in [3.8, 4) is 11.5 Å². The summed E-state index contributed by atoms with van der Waals surface area (Å²) in [5.74, 6) is 1.01. The van der Waals surface area contributed by atoms with Crippen LogP contribution < -0.4 is 14.2 Å². The van der Waals surface area contributed by atoms with Crippen molar-refractivity contribution in [2.45, 2.75) is 44.2 Å². The lowest BCUT2D eigenvalue weighted by molar-refractivity contribution is 0.200. The van der Waals surface area contributed by atoms with E-state index in [0.29, 0.717) is 24.7 Å². The number of hydrogen-bond acceptors (Lipinski definition) is 5. The minimum absolute atomic E-state index is 0. The number of sulfonamides is 1. The van der Waals surface area contributed by atoms with Crippen molar-refractivity contribution in [2.24, 2.45) is 0 Å². The summed E-state index contributed by atoms with van der Waals surface area (Å²) in [4.78, 5) is 2.57. The highest BCUT2D eigenvalue weighted by atomic mass is 35.5. The van der Waals surface area contributed by atoms with Gasteiger partial charge in [-0.1, -0.05) is 30.3 Å². The summed E-state index contributed by atoms with van der Waals surface area (Å²) in [6, 6.07) is 15.1. The van der Waals surface area contributed by atoms with E-state index in [-0.39, 0.29) is 23.3 Å². The Morgan fingerprint density at radius 1 is 0.967 bits per heavy atom. The summed E-state index contributed by atoms with van der Waals surface area (Å²) < 4.78 is 39.7. The summed E-state index contributed by atoms with van der Waals surface area (Å²) in [7, 11) is -3.61. The zero-order valence-corrected chi connectivity index (χ0v) is 19.2. The largest absolute Gasteiger partial charge is 0.490 e. The molecule has 3 rings (SSSR count). The summed E-state index contributed by atoms with van der Waals surface area (Å²) in [6.07, 6.45) is 1.59. The molecule has 1 N–H and O–H groups in total. The van der Waals surface area contributed by atoms with Gasteiger partial charge >= 0.3 is 0 Å². The first-order valence-corrected chi connectivity index (χ1v) is 11.7. The van der Waals surface area contributed by atoms with Gasteiger partial charge in [0.1, 0.15) is 0 Å². The Labute approximate surface area is 186 Å².